The molecular weight excluding hydrogens is 280 g/mol. The zero-order valence-corrected chi connectivity index (χ0v) is 11.9. The van der Waals surface area contributed by atoms with E-state index in [1.807, 2.05) is 24.3 Å². The van der Waals surface area contributed by atoms with Crippen LogP contribution in [0.1, 0.15) is 11.1 Å². The molecule has 5 heteroatoms. The van der Waals surface area contributed by atoms with E-state index in [0.717, 1.165) is 23.2 Å². The number of carbonyl (C=O) groups is 1. The van der Waals surface area contributed by atoms with Gasteiger partial charge in [-0.25, -0.2) is 4.79 Å². The molecule has 0 aromatic heterocycles. The number of rotatable bonds is 4. The number of aliphatic imine (C=N–C) groups is 1. The normalized spacial score (nSPS) is 17.5. The minimum Gasteiger partial charge on any atom is -0.508 e. The van der Waals surface area contributed by atoms with Gasteiger partial charge in [0.05, 0.1) is 11.7 Å². The van der Waals surface area contributed by atoms with Gasteiger partial charge >= 0.3 is 6.09 Å². The monoisotopic (exact) mass is 296 g/mol. The molecule has 0 bridgehead atoms. The third-order valence-electron chi connectivity index (χ3n) is 3.41. The highest BCUT2D eigenvalue weighted by atomic mass is 16.6. The highest BCUT2D eigenvalue weighted by Gasteiger charge is 2.21. The van der Waals surface area contributed by atoms with Crippen molar-refractivity contribution in [3.8, 4) is 5.75 Å². The predicted octanol–water partition coefficient (Wildman–Crippen LogP) is 2.79. The topological polar surface area (TPSA) is 70.9 Å². The van der Waals surface area contributed by atoms with Gasteiger partial charge in [-0.1, -0.05) is 12.1 Å². The molecule has 0 spiro atoms. The predicted molar refractivity (Wildman–Crippen MR) is 83.8 cm³/mol. The first kappa shape index (κ1) is 14.1. The van der Waals surface area contributed by atoms with Gasteiger partial charge in [-0.2, -0.15) is 0 Å². The molecule has 22 heavy (non-hydrogen) atoms. The van der Waals surface area contributed by atoms with Gasteiger partial charge in [0.15, 0.2) is 0 Å². The minimum absolute atomic E-state index is 0.0406. The summed E-state index contributed by atoms with van der Waals surface area (Å²) in [7, 11) is 0. The quantitative estimate of drug-likeness (QED) is 0.852. The molecule has 0 radical (unpaired) electrons. The van der Waals surface area contributed by atoms with Gasteiger partial charge in [0.25, 0.3) is 0 Å². The fourth-order valence-corrected chi connectivity index (χ4v) is 2.25. The average molecular weight is 296 g/mol. The number of alkyl carbamates (subject to hydrolysis) is 1. The Kier molecular flexibility index (Phi) is 4.05. The molecule has 1 fully saturated rings. The van der Waals surface area contributed by atoms with Gasteiger partial charge in [-0.15, -0.1) is 0 Å². The number of carbonyl (C=O) groups excluding carboxylic acids is 1. The summed E-state index contributed by atoms with van der Waals surface area (Å²) in [6, 6.07) is 14.8. The number of aromatic hydroxyl groups is 1. The first-order valence-electron chi connectivity index (χ1n) is 7.04. The number of cyclic esters (lactones) is 1. The molecule has 1 saturated heterocycles. The molecule has 1 heterocycles. The molecule has 0 saturated carbocycles. The van der Waals surface area contributed by atoms with Crippen molar-refractivity contribution < 1.29 is 14.6 Å². The Hall–Kier alpha value is -2.82. The summed E-state index contributed by atoms with van der Waals surface area (Å²) in [6.45, 7) is 0.416. The molecule has 2 N–H and O–H groups in total. The lowest BCUT2D eigenvalue weighted by atomic mass is 10.1. The zero-order chi connectivity index (χ0) is 15.4. The Labute approximate surface area is 128 Å². The minimum atomic E-state index is -0.347. The number of hydrogen-bond donors (Lipinski definition) is 2. The molecule has 0 aliphatic carbocycles. The van der Waals surface area contributed by atoms with Crippen LogP contribution >= 0.6 is 0 Å². The van der Waals surface area contributed by atoms with Gasteiger partial charge in [-0.05, 0) is 53.9 Å². The van der Waals surface area contributed by atoms with Gasteiger partial charge in [0.1, 0.15) is 12.4 Å². The highest BCUT2D eigenvalue weighted by Crippen LogP contribution is 2.16. The van der Waals surface area contributed by atoms with Crippen LogP contribution in [0.15, 0.2) is 53.5 Å². The summed E-state index contributed by atoms with van der Waals surface area (Å²) >= 11 is 0. The number of amides is 1. The van der Waals surface area contributed by atoms with Crippen LogP contribution in [0.4, 0.5) is 10.5 Å². The van der Waals surface area contributed by atoms with Gasteiger partial charge in [0.2, 0.25) is 0 Å². The van der Waals surface area contributed by atoms with Crippen molar-refractivity contribution in [2.75, 3.05) is 6.61 Å². The molecule has 112 valence electrons. The lowest BCUT2D eigenvalue weighted by Crippen LogP contribution is -2.28. The second-order valence-corrected chi connectivity index (χ2v) is 5.16. The Morgan fingerprint density at radius 1 is 1.18 bits per heavy atom. The second kappa shape index (κ2) is 6.30. The standard InChI is InChI=1S/C17H16N2O3/c20-16-7-3-13(4-8-16)10-18-14-5-1-12(2-6-14)9-15-11-22-17(21)19-15/h1-8,10,15,20H,9,11H2,(H,19,21). The van der Waals surface area contributed by atoms with E-state index in [-0.39, 0.29) is 17.9 Å². The summed E-state index contributed by atoms with van der Waals surface area (Å²) in [5.74, 6) is 0.240. The molecule has 1 aliphatic rings. The van der Waals surface area contributed by atoms with E-state index >= 15 is 0 Å². The fraction of sp³-hybridized carbons (Fsp3) is 0.176. The molecule has 1 atom stereocenters. The zero-order valence-electron chi connectivity index (χ0n) is 11.9. The summed E-state index contributed by atoms with van der Waals surface area (Å²) in [5.41, 5.74) is 2.90. The maximum atomic E-state index is 11.0. The number of nitrogens with zero attached hydrogens (tertiary/aromatic N) is 1. The van der Waals surface area contributed by atoms with Crippen molar-refractivity contribution in [2.24, 2.45) is 4.99 Å². The smallest absolute Gasteiger partial charge is 0.407 e. The van der Waals surface area contributed by atoms with Crippen LogP contribution in [0.3, 0.4) is 0 Å². The van der Waals surface area contributed by atoms with Gasteiger partial charge in [0, 0.05) is 6.21 Å². The van der Waals surface area contributed by atoms with Crippen LogP contribution in [0.5, 0.6) is 5.75 Å². The number of benzene rings is 2. The Balaban J connectivity index is 1.61. The summed E-state index contributed by atoms with van der Waals surface area (Å²) < 4.78 is 4.87. The number of phenols is 1. The van der Waals surface area contributed by atoms with E-state index in [0.29, 0.717) is 6.61 Å². The number of phenolic OH excluding ortho intramolecular Hbond substituents is 1. The Bertz CT molecular complexity index is 678. The average Bonchev–Trinajstić information content (AvgIpc) is 2.93. The third kappa shape index (κ3) is 3.63. The van der Waals surface area contributed by atoms with E-state index in [4.69, 9.17) is 4.74 Å². The Morgan fingerprint density at radius 2 is 1.91 bits per heavy atom. The van der Waals surface area contributed by atoms with Crippen LogP contribution < -0.4 is 5.32 Å². The van der Waals surface area contributed by atoms with Crippen molar-refractivity contribution in [2.45, 2.75) is 12.5 Å². The first-order valence-corrected chi connectivity index (χ1v) is 7.04. The molecular formula is C17H16N2O3. The van der Waals surface area contributed by atoms with Crippen LogP contribution in [0, 0.1) is 0 Å². The first-order chi connectivity index (χ1) is 10.7. The van der Waals surface area contributed by atoms with E-state index in [1.54, 1.807) is 30.5 Å². The van der Waals surface area contributed by atoms with E-state index in [2.05, 4.69) is 10.3 Å². The van der Waals surface area contributed by atoms with Crippen LogP contribution in [-0.2, 0) is 11.2 Å². The fourth-order valence-electron chi connectivity index (χ4n) is 2.25. The molecule has 1 aliphatic heterocycles. The van der Waals surface area contributed by atoms with Crippen LogP contribution in [0.25, 0.3) is 0 Å². The molecule has 3 rings (SSSR count). The van der Waals surface area contributed by atoms with E-state index in [1.165, 1.54) is 0 Å². The van der Waals surface area contributed by atoms with Gasteiger partial charge in [-0.3, -0.25) is 4.99 Å². The lowest BCUT2D eigenvalue weighted by molar-refractivity contribution is 0.177. The molecule has 5 nitrogen and oxygen atoms in total. The number of nitrogens with one attached hydrogen (secondary N) is 1. The molecule has 1 unspecified atom stereocenters. The third-order valence-corrected chi connectivity index (χ3v) is 3.41. The van der Waals surface area contributed by atoms with Crippen molar-refractivity contribution in [1.29, 1.82) is 0 Å². The van der Waals surface area contributed by atoms with Crippen molar-refractivity contribution >= 4 is 18.0 Å². The van der Waals surface area contributed by atoms with E-state index < -0.39 is 0 Å². The second-order valence-electron chi connectivity index (χ2n) is 5.16. The van der Waals surface area contributed by atoms with Crippen LogP contribution in [0.2, 0.25) is 0 Å². The largest absolute Gasteiger partial charge is 0.508 e. The molecule has 2 aromatic rings. The summed E-state index contributed by atoms with van der Waals surface area (Å²) in [6.07, 6.45) is 2.15. The van der Waals surface area contributed by atoms with Gasteiger partial charge < -0.3 is 15.2 Å². The van der Waals surface area contributed by atoms with Crippen molar-refractivity contribution in [3.63, 3.8) is 0 Å². The van der Waals surface area contributed by atoms with Crippen molar-refractivity contribution in [1.82, 2.24) is 5.32 Å². The summed E-state index contributed by atoms with van der Waals surface area (Å²) in [4.78, 5) is 15.4. The lowest BCUT2D eigenvalue weighted by Gasteiger charge is -2.07. The Morgan fingerprint density at radius 3 is 2.55 bits per heavy atom. The SMILES string of the molecule is O=C1NC(Cc2ccc(N=Cc3ccc(O)cc3)cc2)CO1. The molecule has 2 aromatic carbocycles. The maximum absolute atomic E-state index is 11.0. The van der Waals surface area contributed by atoms with Crippen LogP contribution in [-0.4, -0.2) is 30.1 Å². The van der Waals surface area contributed by atoms with E-state index in [9.17, 15) is 9.90 Å². The van der Waals surface area contributed by atoms with Crippen molar-refractivity contribution in [3.05, 3.63) is 59.7 Å². The summed E-state index contributed by atoms with van der Waals surface area (Å²) in [5, 5.41) is 12.0. The number of ether oxygens (including phenoxy) is 1. The maximum Gasteiger partial charge on any atom is 0.407 e. The molecule has 1 amide bonds. The number of hydrogen-bond acceptors (Lipinski definition) is 4. The highest BCUT2D eigenvalue weighted by molar-refractivity contribution is 5.82.